The summed E-state index contributed by atoms with van der Waals surface area (Å²) in [5, 5.41) is 14.3. The number of nitrogens with zero attached hydrogens (tertiary/aromatic N) is 5. The van der Waals surface area contributed by atoms with E-state index in [-0.39, 0.29) is 34.3 Å². The highest BCUT2D eigenvalue weighted by atomic mass is 19.1. The highest BCUT2D eigenvalue weighted by Gasteiger charge is 2.23. The number of amides is 2. The van der Waals surface area contributed by atoms with Crippen molar-refractivity contribution in [2.45, 2.75) is 66.2 Å². The van der Waals surface area contributed by atoms with Crippen molar-refractivity contribution >= 4 is 40.5 Å². The Morgan fingerprint density at radius 2 is 1.52 bits per heavy atom. The normalized spacial score (nSPS) is 11.7. The van der Waals surface area contributed by atoms with Gasteiger partial charge in [0.25, 0.3) is 11.5 Å². The number of aromatic nitrogens is 5. The Balaban J connectivity index is 1.28. The van der Waals surface area contributed by atoms with Crippen LogP contribution in [0.3, 0.4) is 0 Å². The molecule has 290 valence electrons. The highest BCUT2D eigenvalue weighted by Crippen LogP contribution is 2.38. The molecule has 3 heterocycles. The maximum Gasteiger partial charge on any atom is 0.435 e. The SMILES string of the molecule is CCn1ncc2cc(Oc3ccc(NC(=O)c4ccc(NC(=O)OC(C)(C)C)n(-c5ccc(F)cc5)c4=O)cc3F)c(-c3cnn(C(=O)OC(C)(C)C)c3)cc21. The molecule has 0 aliphatic heterocycles. The van der Waals surface area contributed by atoms with E-state index in [1.54, 1.807) is 64.6 Å². The number of ether oxygens (including phenoxy) is 3. The van der Waals surface area contributed by atoms with E-state index in [0.29, 0.717) is 23.1 Å². The molecule has 6 aromatic rings. The second kappa shape index (κ2) is 15.1. The first-order chi connectivity index (χ1) is 26.4. The largest absolute Gasteiger partial charge is 0.454 e. The lowest BCUT2D eigenvalue weighted by Gasteiger charge is -2.21. The number of hydrogen-bond donors (Lipinski definition) is 2. The predicted molar refractivity (Wildman–Crippen MR) is 205 cm³/mol. The Labute approximate surface area is 319 Å². The molecule has 0 aliphatic carbocycles. The molecule has 0 bridgehead atoms. The standard InChI is InChI=1S/C40H39F2N7O7/c1-8-47-31-19-29(24-21-44-48(22-24)38(53)56-40(5,6)7)33(17-23(31)20-43-47)54-32-15-11-26(18-30(32)42)45-35(50)28-14-16-34(46-37(52)55-39(2,3)4)49(36(28)51)27-12-9-25(41)10-13-27/h9-22H,8H2,1-7H3,(H,45,50)(H,46,52). The number of aryl methyl sites for hydroxylation is 1. The molecule has 0 atom stereocenters. The molecule has 2 N–H and O–H groups in total. The van der Waals surface area contributed by atoms with E-state index in [1.165, 1.54) is 48.8 Å². The average molecular weight is 768 g/mol. The van der Waals surface area contributed by atoms with E-state index in [4.69, 9.17) is 14.2 Å². The van der Waals surface area contributed by atoms with Crippen molar-refractivity contribution in [1.82, 2.24) is 24.1 Å². The van der Waals surface area contributed by atoms with Gasteiger partial charge in [0.2, 0.25) is 0 Å². The number of fused-ring (bicyclic) bond motifs is 1. The van der Waals surface area contributed by atoms with Crippen LogP contribution in [0.15, 0.2) is 90.1 Å². The van der Waals surface area contributed by atoms with E-state index >= 15 is 4.39 Å². The van der Waals surface area contributed by atoms with Gasteiger partial charge in [-0.3, -0.25) is 24.2 Å². The lowest BCUT2D eigenvalue weighted by atomic mass is 10.1. The lowest BCUT2D eigenvalue weighted by molar-refractivity contribution is 0.0513. The molecule has 0 fully saturated rings. The maximum absolute atomic E-state index is 15.7. The number of benzene rings is 3. The Hall–Kier alpha value is -6.84. The van der Waals surface area contributed by atoms with Crippen LogP contribution in [-0.2, 0) is 16.0 Å². The van der Waals surface area contributed by atoms with Crippen LogP contribution in [0.5, 0.6) is 11.5 Å². The number of pyridine rings is 1. The summed E-state index contributed by atoms with van der Waals surface area (Å²) in [6.45, 7) is 12.7. The van der Waals surface area contributed by atoms with E-state index < -0.39 is 46.5 Å². The van der Waals surface area contributed by atoms with Gasteiger partial charge in [-0.15, -0.1) is 0 Å². The molecule has 0 saturated carbocycles. The second-order valence-electron chi connectivity index (χ2n) is 14.6. The van der Waals surface area contributed by atoms with Gasteiger partial charge in [0.05, 0.1) is 23.6 Å². The number of hydrogen-bond acceptors (Lipinski definition) is 9. The first-order valence-corrected chi connectivity index (χ1v) is 17.5. The monoisotopic (exact) mass is 767 g/mol. The van der Waals surface area contributed by atoms with Crippen LogP contribution in [0.4, 0.5) is 29.9 Å². The average Bonchev–Trinajstić information content (AvgIpc) is 3.76. The predicted octanol–water partition coefficient (Wildman–Crippen LogP) is 8.52. The van der Waals surface area contributed by atoms with E-state index in [2.05, 4.69) is 20.8 Å². The summed E-state index contributed by atoms with van der Waals surface area (Å²) in [4.78, 5) is 52.5. The quantitative estimate of drug-likeness (QED) is 0.155. The molecule has 0 spiro atoms. The lowest BCUT2D eigenvalue weighted by Crippen LogP contribution is -2.32. The molecule has 6 rings (SSSR count). The third-order valence-electron chi connectivity index (χ3n) is 7.97. The Kier molecular flexibility index (Phi) is 10.5. The van der Waals surface area contributed by atoms with E-state index in [0.717, 1.165) is 33.0 Å². The van der Waals surface area contributed by atoms with Crippen LogP contribution in [0.2, 0.25) is 0 Å². The Bertz CT molecular complexity index is 2530. The number of anilines is 2. The zero-order chi connectivity index (χ0) is 40.5. The minimum atomic E-state index is -0.884. The minimum Gasteiger partial charge on any atom is -0.454 e. The molecule has 3 aromatic heterocycles. The third kappa shape index (κ3) is 8.75. The number of halogens is 2. The van der Waals surface area contributed by atoms with Gasteiger partial charge in [0, 0.05) is 41.0 Å². The highest BCUT2D eigenvalue weighted by molar-refractivity contribution is 6.04. The van der Waals surface area contributed by atoms with Crippen LogP contribution in [0, 0.1) is 11.6 Å². The van der Waals surface area contributed by atoms with Crippen LogP contribution in [0.1, 0.15) is 58.8 Å². The zero-order valence-corrected chi connectivity index (χ0v) is 31.6. The fraction of sp³-hybridized carbons (Fsp3) is 0.250. The molecule has 0 radical (unpaired) electrons. The topological polar surface area (TPSA) is 161 Å². The van der Waals surface area contributed by atoms with Crippen molar-refractivity contribution in [2.24, 2.45) is 0 Å². The maximum atomic E-state index is 15.7. The van der Waals surface area contributed by atoms with Gasteiger partial charge in [-0.25, -0.2) is 18.4 Å². The van der Waals surface area contributed by atoms with Crippen molar-refractivity contribution in [3.63, 3.8) is 0 Å². The van der Waals surface area contributed by atoms with Gasteiger partial charge in [-0.05, 0) is 109 Å². The summed E-state index contributed by atoms with van der Waals surface area (Å²) in [6.07, 6.45) is 3.05. The van der Waals surface area contributed by atoms with Gasteiger partial charge >= 0.3 is 12.2 Å². The van der Waals surface area contributed by atoms with Gasteiger partial charge in [-0.1, -0.05) is 0 Å². The first-order valence-electron chi connectivity index (χ1n) is 17.5. The molecular weight excluding hydrogens is 728 g/mol. The van der Waals surface area contributed by atoms with Crippen LogP contribution in [-0.4, -0.2) is 53.4 Å². The van der Waals surface area contributed by atoms with Crippen molar-refractivity contribution in [2.75, 3.05) is 10.6 Å². The van der Waals surface area contributed by atoms with Gasteiger partial charge in [0.1, 0.15) is 34.2 Å². The summed E-state index contributed by atoms with van der Waals surface area (Å²) in [6, 6.07) is 14.6. The number of rotatable bonds is 8. The molecule has 16 heteroatoms. The van der Waals surface area contributed by atoms with Gasteiger partial charge in [0.15, 0.2) is 11.6 Å². The smallest absolute Gasteiger partial charge is 0.435 e. The molecule has 56 heavy (non-hydrogen) atoms. The fourth-order valence-corrected chi connectivity index (χ4v) is 5.58. The molecule has 2 amide bonds. The third-order valence-corrected chi connectivity index (χ3v) is 7.97. The van der Waals surface area contributed by atoms with Crippen LogP contribution < -0.4 is 20.9 Å². The summed E-state index contributed by atoms with van der Waals surface area (Å²) >= 11 is 0. The molecule has 14 nitrogen and oxygen atoms in total. The zero-order valence-electron chi connectivity index (χ0n) is 31.6. The summed E-state index contributed by atoms with van der Waals surface area (Å²) in [5.74, 6) is -2.30. The van der Waals surface area contributed by atoms with Crippen molar-refractivity contribution in [3.05, 3.63) is 113 Å². The van der Waals surface area contributed by atoms with Crippen molar-refractivity contribution in [1.29, 1.82) is 0 Å². The molecule has 0 aliphatic rings. The van der Waals surface area contributed by atoms with Gasteiger partial charge < -0.3 is 19.5 Å². The second-order valence-corrected chi connectivity index (χ2v) is 14.6. The molecular formula is C40H39F2N7O7. The van der Waals surface area contributed by atoms with E-state index in [9.17, 15) is 23.6 Å². The summed E-state index contributed by atoms with van der Waals surface area (Å²) in [7, 11) is 0. The van der Waals surface area contributed by atoms with Crippen molar-refractivity contribution in [3.8, 4) is 28.3 Å². The number of carbonyl (C=O) groups is 3. The first kappa shape index (κ1) is 38.9. The summed E-state index contributed by atoms with van der Waals surface area (Å²) in [5.41, 5.74) is -0.908. The van der Waals surface area contributed by atoms with Crippen molar-refractivity contribution < 1.29 is 37.4 Å². The van der Waals surface area contributed by atoms with Crippen LogP contribution >= 0.6 is 0 Å². The summed E-state index contributed by atoms with van der Waals surface area (Å²) < 4.78 is 50.2. The fourth-order valence-electron chi connectivity index (χ4n) is 5.58. The number of nitrogens with one attached hydrogen (secondary N) is 2. The van der Waals surface area contributed by atoms with Crippen LogP contribution in [0.25, 0.3) is 27.7 Å². The van der Waals surface area contributed by atoms with E-state index in [1.807, 2.05) is 6.92 Å². The van der Waals surface area contributed by atoms with Gasteiger partial charge in [-0.2, -0.15) is 14.9 Å². The molecule has 3 aromatic carbocycles. The number of carbonyl (C=O) groups excluding carboxylic acids is 3. The molecule has 0 unspecified atom stereocenters. The Morgan fingerprint density at radius 1 is 0.804 bits per heavy atom. The minimum absolute atomic E-state index is 0.00192. The Morgan fingerprint density at radius 3 is 2.18 bits per heavy atom. The molecule has 0 saturated heterocycles.